The lowest BCUT2D eigenvalue weighted by Gasteiger charge is -2.26. The average Bonchev–Trinajstić information content (AvgIpc) is 3.19. The zero-order chi connectivity index (χ0) is 24.0. The largest absolute Gasteiger partial charge is 0.488 e. The Morgan fingerprint density at radius 2 is 2.00 bits per heavy atom. The number of rotatable bonds is 4. The number of aromatic amines is 1. The fraction of sp³-hybridized carbons (Fsp3) is 0.333. The monoisotopic (exact) mass is 453 g/mol. The zero-order valence-electron chi connectivity index (χ0n) is 20.1. The van der Waals surface area contributed by atoms with E-state index in [0.717, 1.165) is 62.0 Å². The van der Waals surface area contributed by atoms with Crippen molar-refractivity contribution >= 4 is 41.2 Å². The van der Waals surface area contributed by atoms with Gasteiger partial charge in [-0.3, -0.25) is 0 Å². The number of imidazole rings is 1. The summed E-state index contributed by atoms with van der Waals surface area (Å²) in [5.74, 6) is 1.56. The Labute approximate surface area is 200 Å². The summed E-state index contributed by atoms with van der Waals surface area (Å²) in [6.07, 6.45) is 0.500. The van der Waals surface area contributed by atoms with E-state index in [1.54, 1.807) is 4.90 Å². The maximum absolute atomic E-state index is 12.7. The van der Waals surface area contributed by atoms with Crippen LogP contribution in [0.3, 0.4) is 0 Å². The molecule has 3 aromatic carbocycles. The third kappa shape index (κ3) is 4.22. The van der Waals surface area contributed by atoms with E-state index in [1.165, 1.54) is 0 Å². The Kier molecular flexibility index (Phi) is 5.51. The lowest BCUT2D eigenvalue weighted by atomic mass is 9.88. The first-order valence-electron chi connectivity index (χ1n) is 11.7. The normalized spacial score (nSPS) is 12.8. The predicted molar refractivity (Wildman–Crippen MR) is 136 cm³/mol. The molecule has 1 aliphatic rings. The van der Waals surface area contributed by atoms with Crippen molar-refractivity contribution in [3.8, 4) is 16.9 Å². The number of aromatic nitrogens is 2. The van der Waals surface area contributed by atoms with Gasteiger partial charge in [-0.25, -0.2) is 9.78 Å². The summed E-state index contributed by atoms with van der Waals surface area (Å²) in [7, 11) is 5.96. The van der Waals surface area contributed by atoms with E-state index in [0.29, 0.717) is 19.7 Å². The molecule has 0 bridgehead atoms. The summed E-state index contributed by atoms with van der Waals surface area (Å²) >= 11 is 0. The molecule has 0 unspecified atom stereocenters. The summed E-state index contributed by atoms with van der Waals surface area (Å²) in [5.41, 5.74) is 5.27. The number of hydrogen-bond acceptors (Lipinski definition) is 4. The van der Waals surface area contributed by atoms with E-state index in [1.807, 2.05) is 45.9 Å². The molecule has 2 radical (unpaired) electrons. The number of nitrogens with one attached hydrogen (secondary N) is 1. The highest BCUT2D eigenvalue weighted by molar-refractivity contribution is 6.32. The minimum Gasteiger partial charge on any atom is -0.488 e. The molecule has 172 valence electrons. The third-order valence-electron chi connectivity index (χ3n) is 5.91. The standard InChI is InChI=1S/C27H28BN3O3/c1-5-10-31(26(32)34-27(2,3)4)14-24-29-22-9-6-16-12-21-19-8-7-18(28)11-17(19)15-33-23(21)13-20(16)25(22)30-24/h6-9,11-13H,5,10,14-15H2,1-4H3,(H,29,30). The van der Waals surface area contributed by atoms with Crippen molar-refractivity contribution in [2.24, 2.45) is 0 Å². The van der Waals surface area contributed by atoms with Crippen LogP contribution in [0.4, 0.5) is 4.79 Å². The number of amides is 1. The van der Waals surface area contributed by atoms with Crippen molar-refractivity contribution < 1.29 is 14.3 Å². The third-order valence-corrected chi connectivity index (χ3v) is 5.91. The molecule has 1 aromatic heterocycles. The maximum Gasteiger partial charge on any atom is 0.410 e. The van der Waals surface area contributed by atoms with Gasteiger partial charge in [-0.2, -0.15) is 0 Å². The van der Waals surface area contributed by atoms with Crippen molar-refractivity contribution in [3.05, 3.63) is 53.9 Å². The first-order chi connectivity index (χ1) is 16.2. The Morgan fingerprint density at radius 1 is 1.18 bits per heavy atom. The van der Waals surface area contributed by atoms with Gasteiger partial charge in [0.05, 0.1) is 17.6 Å². The van der Waals surface area contributed by atoms with Crippen LogP contribution in [0.15, 0.2) is 42.5 Å². The van der Waals surface area contributed by atoms with E-state index in [4.69, 9.17) is 22.3 Å². The van der Waals surface area contributed by atoms with Crippen molar-refractivity contribution in [2.75, 3.05) is 6.54 Å². The molecule has 6 nitrogen and oxygen atoms in total. The smallest absolute Gasteiger partial charge is 0.410 e. The lowest BCUT2D eigenvalue weighted by Crippen LogP contribution is -2.37. The minimum atomic E-state index is -0.545. The highest BCUT2D eigenvalue weighted by atomic mass is 16.6. The molecule has 0 spiro atoms. The average molecular weight is 453 g/mol. The van der Waals surface area contributed by atoms with Crippen molar-refractivity contribution in [3.63, 3.8) is 0 Å². The Hall–Kier alpha value is -3.48. The van der Waals surface area contributed by atoms with Gasteiger partial charge in [0.1, 0.15) is 31.6 Å². The van der Waals surface area contributed by atoms with Gasteiger partial charge in [-0.1, -0.05) is 36.7 Å². The second-order valence-corrected chi connectivity index (χ2v) is 9.82. The molecule has 1 N–H and O–H groups in total. The Morgan fingerprint density at radius 3 is 2.76 bits per heavy atom. The van der Waals surface area contributed by atoms with Crippen LogP contribution in [-0.2, 0) is 17.9 Å². The summed E-state index contributed by atoms with van der Waals surface area (Å²) < 4.78 is 11.7. The Bertz CT molecular complexity index is 1400. The number of carbonyl (C=O) groups is 1. The number of hydrogen-bond donors (Lipinski definition) is 1. The molecular formula is C27H28BN3O3. The molecule has 2 heterocycles. The molecular weight excluding hydrogens is 425 g/mol. The maximum atomic E-state index is 12.7. The number of H-pyrrole nitrogens is 1. The molecule has 7 heteroatoms. The summed E-state index contributed by atoms with van der Waals surface area (Å²) in [6.45, 7) is 9.10. The zero-order valence-corrected chi connectivity index (χ0v) is 20.1. The van der Waals surface area contributed by atoms with Crippen LogP contribution in [0.2, 0.25) is 0 Å². The summed E-state index contributed by atoms with van der Waals surface area (Å²) in [6, 6.07) is 14.3. The van der Waals surface area contributed by atoms with Gasteiger partial charge in [0.25, 0.3) is 0 Å². The van der Waals surface area contributed by atoms with Gasteiger partial charge in [0, 0.05) is 17.5 Å². The van der Waals surface area contributed by atoms with Crippen molar-refractivity contribution in [2.45, 2.75) is 52.9 Å². The van der Waals surface area contributed by atoms with Gasteiger partial charge in [0.15, 0.2) is 0 Å². The molecule has 0 saturated heterocycles. The first-order valence-corrected chi connectivity index (χ1v) is 11.7. The second-order valence-electron chi connectivity index (χ2n) is 9.82. The van der Waals surface area contributed by atoms with Crippen LogP contribution in [0.5, 0.6) is 5.75 Å². The molecule has 0 atom stereocenters. The lowest BCUT2D eigenvalue weighted by molar-refractivity contribution is 0.0229. The van der Waals surface area contributed by atoms with Crippen LogP contribution < -0.4 is 10.2 Å². The van der Waals surface area contributed by atoms with Crippen LogP contribution in [-0.4, -0.2) is 41.0 Å². The SMILES string of the molecule is [B]c1ccc2c(c1)COc1cc3c(ccc4[nH]c(CN(CCC)C(=O)OC(C)(C)C)nc43)cc1-2. The molecule has 5 rings (SSSR count). The van der Waals surface area contributed by atoms with Gasteiger partial charge in [-0.05, 0) is 61.9 Å². The molecule has 0 aliphatic carbocycles. The van der Waals surface area contributed by atoms with Gasteiger partial charge in [-0.15, -0.1) is 0 Å². The van der Waals surface area contributed by atoms with E-state index < -0.39 is 5.60 Å². The quantitative estimate of drug-likeness (QED) is 0.431. The van der Waals surface area contributed by atoms with Gasteiger partial charge in [0.2, 0.25) is 0 Å². The molecule has 4 aromatic rings. The summed E-state index contributed by atoms with van der Waals surface area (Å²) in [5, 5.41) is 2.09. The van der Waals surface area contributed by atoms with Crippen LogP contribution >= 0.6 is 0 Å². The number of nitrogens with zero attached hydrogens (tertiary/aromatic N) is 2. The van der Waals surface area contributed by atoms with Crippen LogP contribution in [0.1, 0.15) is 45.5 Å². The van der Waals surface area contributed by atoms with Gasteiger partial charge >= 0.3 is 6.09 Å². The summed E-state index contributed by atoms with van der Waals surface area (Å²) in [4.78, 5) is 22.6. The second kappa shape index (κ2) is 8.39. The van der Waals surface area contributed by atoms with E-state index >= 15 is 0 Å². The van der Waals surface area contributed by atoms with Crippen molar-refractivity contribution in [1.82, 2.24) is 14.9 Å². The van der Waals surface area contributed by atoms with E-state index in [2.05, 4.69) is 29.2 Å². The minimum absolute atomic E-state index is 0.332. The van der Waals surface area contributed by atoms with Crippen LogP contribution in [0, 0.1) is 0 Å². The molecule has 34 heavy (non-hydrogen) atoms. The van der Waals surface area contributed by atoms with Crippen LogP contribution in [0.25, 0.3) is 32.9 Å². The number of benzene rings is 3. The highest BCUT2D eigenvalue weighted by Gasteiger charge is 2.23. The van der Waals surface area contributed by atoms with E-state index in [9.17, 15) is 4.79 Å². The van der Waals surface area contributed by atoms with E-state index in [-0.39, 0.29) is 6.09 Å². The van der Waals surface area contributed by atoms with Crippen molar-refractivity contribution in [1.29, 1.82) is 0 Å². The Balaban J connectivity index is 1.52. The topological polar surface area (TPSA) is 67.5 Å². The number of carbonyl (C=O) groups excluding carboxylic acids is 1. The predicted octanol–water partition coefficient (Wildman–Crippen LogP) is 5.22. The molecule has 0 saturated carbocycles. The fourth-order valence-electron chi connectivity index (χ4n) is 4.44. The number of ether oxygens (including phenoxy) is 2. The van der Waals surface area contributed by atoms with Gasteiger partial charge < -0.3 is 19.4 Å². The fourth-order valence-corrected chi connectivity index (χ4v) is 4.44. The highest BCUT2D eigenvalue weighted by Crippen LogP contribution is 2.41. The molecule has 1 aliphatic heterocycles. The number of fused-ring (bicyclic) bond motifs is 6. The first kappa shape index (κ1) is 22.3. The molecule has 0 fully saturated rings. The molecule has 1 amide bonds.